The molecule has 200 valence electrons. The van der Waals surface area contributed by atoms with Crippen LogP contribution in [0.15, 0.2) is 93.5 Å². The number of aliphatic imine (C=N–C) groups is 1. The Balaban J connectivity index is 1.52. The van der Waals surface area contributed by atoms with Crippen molar-refractivity contribution >= 4 is 33.4 Å². The van der Waals surface area contributed by atoms with Crippen LogP contribution in [0, 0.1) is 5.92 Å². The molecular formula is C32H30BrNO5. The highest BCUT2D eigenvalue weighted by Gasteiger charge is 2.45. The number of carbonyl (C=O) groups excluding carboxylic acids is 2. The number of methoxy groups -OCH3 is 2. The molecule has 5 rings (SSSR count). The fourth-order valence-electron chi connectivity index (χ4n) is 5.53. The highest BCUT2D eigenvalue weighted by atomic mass is 79.9. The normalized spacial score (nSPS) is 20.7. The Hall–Kier alpha value is -3.71. The summed E-state index contributed by atoms with van der Waals surface area (Å²) < 4.78 is 17.3. The summed E-state index contributed by atoms with van der Waals surface area (Å²) in [5, 5.41) is 0. The van der Waals surface area contributed by atoms with Crippen LogP contribution in [0.3, 0.4) is 0 Å². The van der Waals surface area contributed by atoms with E-state index in [1.54, 1.807) is 14.2 Å². The second kappa shape index (κ2) is 11.6. The largest absolute Gasteiger partial charge is 0.497 e. The molecule has 39 heavy (non-hydrogen) atoms. The first-order valence-electron chi connectivity index (χ1n) is 12.9. The highest BCUT2D eigenvalue weighted by Crippen LogP contribution is 2.47. The molecule has 1 unspecified atom stereocenters. The van der Waals surface area contributed by atoms with E-state index in [0.717, 1.165) is 32.6 Å². The third kappa shape index (κ3) is 5.55. The number of esters is 1. The number of benzene rings is 3. The second-order valence-electron chi connectivity index (χ2n) is 9.86. The molecule has 3 atom stereocenters. The van der Waals surface area contributed by atoms with E-state index in [1.807, 2.05) is 79.7 Å². The van der Waals surface area contributed by atoms with E-state index in [4.69, 9.17) is 19.2 Å². The molecule has 1 aliphatic heterocycles. The second-order valence-corrected chi connectivity index (χ2v) is 10.7. The van der Waals surface area contributed by atoms with Gasteiger partial charge in [-0.05, 0) is 76.1 Å². The fourth-order valence-corrected chi connectivity index (χ4v) is 6.09. The standard InChI is InChI=1S/C32H30BrNO5/c1-19-29(32(36)39-18-20-7-5-4-6-8-20)30(22-11-14-28(38-3)25(33)15-22)31-26(34-19)16-23(17-27(31)35)21-9-12-24(37-2)13-10-21/h4-15,23,29-30H,16-18H2,1-3H3/t23-,29?,30+/m1/s1. The lowest BCUT2D eigenvalue weighted by Crippen LogP contribution is -2.38. The minimum Gasteiger partial charge on any atom is -0.497 e. The number of carbonyl (C=O) groups is 2. The molecule has 0 fully saturated rings. The maximum atomic E-state index is 13.8. The summed E-state index contributed by atoms with van der Waals surface area (Å²) in [6, 6.07) is 23.1. The van der Waals surface area contributed by atoms with Crippen molar-refractivity contribution in [3.63, 3.8) is 0 Å². The van der Waals surface area contributed by atoms with Gasteiger partial charge in [-0.3, -0.25) is 14.6 Å². The number of rotatable bonds is 7. The van der Waals surface area contributed by atoms with E-state index in [2.05, 4.69) is 15.9 Å². The van der Waals surface area contributed by atoms with E-state index in [0.29, 0.717) is 29.9 Å². The van der Waals surface area contributed by atoms with Gasteiger partial charge >= 0.3 is 5.97 Å². The van der Waals surface area contributed by atoms with Gasteiger partial charge in [0.25, 0.3) is 0 Å². The number of hydrogen-bond donors (Lipinski definition) is 0. The zero-order chi connectivity index (χ0) is 27.5. The molecule has 1 aliphatic carbocycles. The Labute approximate surface area is 236 Å². The molecule has 3 aromatic rings. The highest BCUT2D eigenvalue weighted by molar-refractivity contribution is 9.10. The van der Waals surface area contributed by atoms with Gasteiger partial charge in [-0.2, -0.15) is 0 Å². The molecule has 0 amide bonds. The number of Topliss-reactive ketones (excluding diaryl/α,β-unsaturated/α-hetero) is 1. The summed E-state index contributed by atoms with van der Waals surface area (Å²) in [6.07, 6.45) is 0.962. The van der Waals surface area contributed by atoms with Crippen LogP contribution in [-0.4, -0.2) is 31.7 Å². The molecule has 0 bridgehead atoms. The number of allylic oxidation sites excluding steroid dienone is 2. The first-order valence-corrected chi connectivity index (χ1v) is 13.7. The quantitative estimate of drug-likeness (QED) is 0.285. The lowest BCUT2D eigenvalue weighted by atomic mass is 9.69. The van der Waals surface area contributed by atoms with Gasteiger partial charge in [0.1, 0.15) is 24.0 Å². The molecule has 3 aromatic carbocycles. The summed E-state index contributed by atoms with van der Waals surface area (Å²) in [6.45, 7) is 2.01. The Morgan fingerprint density at radius 3 is 2.33 bits per heavy atom. The van der Waals surface area contributed by atoms with Gasteiger partial charge in [-0.25, -0.2) is 0 Å². The Bertz CT molecular complexity index is 1450. The van der Waals surface area contributed by atoms with Crippen molar-refractivity contribution < 1.29 is 23.8 Å². The Morgan fingerprint density at radius 2 is 1.67 bits per heavy atom. The van der Waals surface area contributed by atoms with Crippen LogP contribution in [0.25, 0.3) is 0 Å². The molecule has 0 saturated carbocycles. The van der Waals surface area contributed by atoms with Gasteiger partial charge < -0.3 is 14.2 Å². The maximum absolute atomic E-state index is 13.8. The number of ether oxygens (including phenoxy) is 3. The molecule has 0 N–H and O–H groups in total. The van der Waals surface area contributed by atoms with Gasteiger partial charge in [-0.15, -0.1) is 0 Å². The van der Waals surface area contributed by atoms with Crippen molar-refractivity contribution in [2.45, 2.75) is 38.2 Å². The van der Waals surface area contributed by atoms with Crippen LogP contribution in [0.4, 0.5) is 0 Å². The Kier molecular flexibility index (Phi) is 7.98. The van der Waals surface area contributed by atoms with Gasteiger partial charge in [-0.1, -0.05) is 48.5 Å². The minimum atomic E-state index is -0.714. The van der Waals surface area contributed by atoms with E-state index in [9.17, 15) is 9.59 Å². The molecular weight excluding hydrogens is 558 g/mol. The third-order valence-electron chi connectivity index (χ3n) is 7.49. The lowest BCUT2D eigenvalue weighted by molar-refractivity contribution is -0.148. The average Bonchev–Trinajstić information content (AvgIpc) is 2.95. The average molecular weight is 588 g/mol. The predicted octanol–water partition coefficient (Wildman–Crippen LogP) is 6.78. The molecule has 0 spiro atoms. The van der Waals surface area contributed by atoms with Crippen LogP contribution in [0.1, 0.15) is 48.3 Å². The first-order chi connectivity index (χ1) is 18.9. The van der Waals surface area contributed by atoms with Crippen molar-refractivity contribution in [3.8, 4) is 11.5 Å². The minimum absolute atomic E-state index is 0.00328. The first kappa shape index (κ1) is 26.9. The topological polar surface area (TPSA) is 74.2 Å². The SMILES string of the molecule is COc1ccc([C@H]2CC(=O)C3=C(C2)N=C(C)C(C(=O)OCc2ccccc2)[C@@H]3c2ccc(OC)c(Br)c2)cc1. The zero-order valence-electron chi connectivity index (χ0n) is 22.1. The van der Waals surface area contributed by atoms with E-state index >= 15 is 0 Å². The van der Waals surface area contributed by atoms with Crippen LogP contribution >= 0.6 is 15.9 Å². The molecule has 7 heteroatoms. The Morgan fingerprint density at radius 1 is 0.949 bits per heavy atom. The van der Waals surface area contributed by atoms with Crippen molar-refractivity contribution in [3.05, 3.63) is 105 Å². The summed E-state index contributed by atoms with van der Waals surface area (Å²) >= 11 is 3.58. The van der Waals surface area contributed by atoms with Crippen molar-refractivity contribution in [1.29, 1.82) is 0 Å². The lowest BCUT2D eigenvalue weighted by Gasteiger charge is -2.36. The number of hydrogen-bond acceptors (Lipinski definition) is 6. The molecule has 1 heterocycles. The van der Waals surface area contributed by atoms with Gasteiger partial charge in [0.15, 0.2) is 5.78 Å². The fraction of sp³-hybridized carbons (Fsp3) is 0.281. The van der Waals surface area contributed by atoms with Gasteiger partial charge in [0.05, 0.1) is 18.7 Å². The van der Waals surface area contributed by atoms with Crippen LogP contribution < -0.4 is 9.47 Å². The number of ketones is 1. The van der Waals surface area contributed by atoms with Crippen LogP contribution in [0.2, 0.25) is 0 Å². The van der Waals surface area contributed by atoms with E-state index in [1.165, 1.54) is 0 Å². The summed E-state index contributed by atoms with van der Waals surface area (Å²) in [5.74, 6) is -0.161. The zero-order valence-corrected chi connectivity index (χ0v) is 23.7. The van der Waals surface area contributed by atoms with E-state index < -0.39 is 17.8 Å². The summed E-state index contributed by atoms with van der Waals surface area (Å²) in [4.78, 5) is 32.3. The predicted molar refractivity (Wildman–Crippen MR) is 153 cm³/mol. The molecule has 2 aliphatic rings. The maximum Gasteiger partial charge on any atom is 0.315 e. The van der Waals surface area contributed by atoms with Gasteiger partial charge in [0, 0.05) is 29.3 Å². The summed E-state index contributed by atoms with van der Waals surface area (Å²) in [5.41, 5.74) is 4.79. The number of halogens is 1. The van der Waals surface area contributed by atoms with Crippen molar-refractivity contribution in [2.24, 2.45) is 10.9 Å². The number of nitrogens with zero attached hydrogens (tertiary/aromatic N) is 1. The molecule has 6 nitrogen and oxygen atoms in total. The van der Waals surface area contributed by atoms with Crippen molar-refractivity contribution in [2.75, 3.05) is 14.2 Å². The monoisotopic (exact) mass is 587 g/mol. The molecule has 0 aromatic heterocycles. The smallest absolute Gasteiger partial charge is 0.315 e. The molecule has 0 saturated heterocycles. The molecule has 0 radical (unpaired) electrons. The van der Waals surface area contributed by atoms with Crippen LogP contribution in [0.5, 0.6) is 11.5 Å². The third-order valence-corrected chi connectivity index (χ3v) is 8.11. The van der Waals surface area contributed by atoms with E-state index in [-0.39, 0.29) is 18.3 Å². The van der Waals surface area contributed by atoms with Crippen molar-refractivity contribution in [1.82, 2.24) is 0 Å². The van der Waals surface area contributed by atoms with Gasteiger partial charge in [0.2, 0.25) is 0 Å². The summed E-state index contributed by atoms with van der Waals surface area (Å²) in [7, 11) is 3.24. The van der Waals surface area contributed by atoms with Crippen LogP contribution in [-0.2, 0) is 20.9 Å².